The molecule has 0 spiro atoms. The molecule has 0 aliphatic heterocycles. The number of pyridine rings is 1. The molecule has 0 saturated heterocycles. The number of nitrogens with two attached hydrogens (primary N) is 1. The summed E-state index contributed by atoms with van der Waals surface area (Å²) >= 11 is 0. The molecular formula is C25H27N3O3. The molecule has 0 unspecified atom stereocenters. The molecule has 6 nitrogen and oxygen atoms in total. The minimum atomic E-state index is -0.451. The number of fused-ring (bicyclic) bond motifs is 1. The summed E-state index contributed by atoms with van der Waals surface area (Å²) in [5, 5.41) is 4.08. The van der Waals surface area contributed by atoms with Crippen LogP contribution >= 0.6 is 0 Å². The van der Waals surface area contributed by atoms with Crippen molar-refractivity contribution >= 4 is 28.3 Å². The molecule has 160 valence electrons. The maximum Gasteiger partial charge on any atom is 0.343 e. The van der Waals surface area contributed by atoms with E-state index in [0.29, 0.717) is 17.2 Å². The number of para-hydroxylation sites is 1. The fraction of sp³-hybridized carbons (Fsp3) is 0.280. The molecule has 1 heterocycles. The van der Waals surface area contributed by atoms with Gasteiger partial charge in [0, 0.05) is 22.8 Å². The number of aromatic nitrogens is 1. The van der Waals surface area contributed by atoms with Gasteiger partial charge in [0.2, 0.25) is 5.88 Å². The first-order chi connectivity index (χ1) is 15.1. The normalized spacial score (nSPS) is 14.2. The highest BCUT2D eigenvalue weighted by Crippen LogP contribution is 2.41. The van der Waals surface area contributed by atoms with Gasteiger partial charge in [0.1, 0.15) is 5.56 Å². The standard InChI is InChI=1S/C25H27N3O3/c1-3-31-25(29)20-14-17-12-13-19(16-8-7-9-16)22(23(17)28-24(20)30-2)21(26)15-27-18-10-5-4-6-11-18/h4-6,10-16,27H,3,7-9,26H2,1-2H3/b21-15-. The van der Waals surface area contributed by atoms with Crippen molar-refractivity contribution in [2.75, 3.05) is 19.0 Å². The quantitative estimate of drug-likeness (QED) is 0.523. The lowest BCUT2D eigenvalue weighted by Gasteiger charge is -2.28. The van der Waals surface area contributed by atoms with Crippen LogP contribution in [0.15, 0.2) is 54.7 Å². The third-order valence-corrected chi connectivity index (χ3v) is 5.68. The number of esters is 1. The van der Waals surface area contributed by atoms with Crippen molar-refractivity contribution < 1.29 is 14.3 Å². The molecule has 0 bridgehead atoms. The smallest absolute Gasteiger partial charge is 0.343 e. The molecule has 1 aromatic heterocycles. The maximum absolute atomic E-state index is 12.4. The average Bonchev–Trinajstić information content (AvgIpc) is 2.76. The number of rotatable bonds is 7. The molecule has 3 aromatic rings. The number of carbonyl (C=O) groups is 1. The van der Waals surface area contributed by atoms with Crippen LogP contribution in [0.4, 0.5) is 5.69 Å². The largest absolute Gasteiger partial charge is 0.480 e. The second kappa shape index (κ2) is 9.08. The Morgan fingerprint density at radius 1 is 1.23 bits per heavy atom. The first-order valence-electron chi connectivity index (χ1n) is 10.6. The number of methoxy groups -OCH3 is 1. The summed E-state index contributed by atoms with van der Waals surface area (Å²) in [6, 6.07) is 15.7. The Hall–Kier alpha value is -3.54. The Bertz CT molecular complexity index is 1120. The molecule has 1 saturated carbocycles. The van der Waals surface area contributed by atoms with Crippen molar-refractivity contribution in [3.63, 3.8) is 0 Å². The van der Waals surface area contributed by atoms with E-state index < -0.39 is 5.97 Å². The van der Waals surface area contributed by atoms with Gasteiger partial charge in [0.25, 0.3) is 0 Å². The van der Waals surface area contributed by atoms with Crippen LogP contribution in [0, 0.1) is 0 Å². The molecule has 6 heteroatoms. The van der Waals surface area contributed by atoms with E-state index in [-0.39, 0.29) is 12.5 Å². The summed E-state index contributed by atoms with van der Waals surface area (Å²) in [7, 11) is 1.50. The first kappa shape index (κ1) is 20.7. The number of anilines is 1. The Kier molecular flexibility index (Phi) is 6.07. The second-order valence-electron chi connectivity index (χ2n) is 7.61. The van der Waals surface area contributed by atoms with E-state index in [0.717, 1.165) is 35.0 Å². The van der Waals surface area contributed by atoms with Crippen molar-refractivity contribution in [1.82, 2.24) is 4.98 Å². The summed E-state index contributed by atoms with van der Waals surface area (Å²) in [6.07, 6.45) is 5.29. The van der Waals surface area contributed by atoms with Gasteiger partial charge in [-0.2, -0.15) is 0 Å². The molecule has 2 aromatic carbocycles. The zero-order chi connectivity index (χ0) is 21.8. The number of benzene rings is 2. The van der Waals surface area contributed by atoms with E-state index in [1.807, 2.05) is 36.4 Å². The van der Waals surface area contributed by atoms with E-state index in [1.165, 1.54) is 19.1 Å². The number of nitrogens with zero attached hydrogens (tertiary/aromatic N) is 1. The van der Waals surface area contributed by atoms with Gasteiger partial charge in [0.15, 0.2) is 0 Å². The molecular weight excluding hydrogens is 390 g/mol. The van der Waals surface area contributed by atoms with Crippen LogP contribution in [0.5, 0.6) is 5.88 Å². The van der Waals surface area contributed by atoms with Gasteiger partial charge in [0.05, 0.1) is 24.9 Å². The lowest BCUT2D eigenvalue weighted by Crippen LogP contribution is -2.15. The summed E-state index contributed by atoms with van der Waals surface area (Å²) in [6.45, 7) is 2.06. The van der Waals surface area contributed by atoms with E-state index in [2.05, 4.69) is 11.4 Å². The molecule has 1 aliphatic rings. The lowest BCUT2D eigenvalue weighted by molar-refractivity contribution is 0.0522. The van der Waals surface area contributed by atoms with Crippen LogP contribution in [-0.4, -0.2) is 24.7 Å². The number of carbonyl (C=O) groups excluding carboxylic acids is 1. The van der Waals surface area contributed by atoms with Gasteiger partial charge in [-0.15, -0.1) is 0 Å². The topological polar surface area (TPSA) is 86.5 Å². The Balaban J connectivity index is 1.84. The average molecular weight is 418 g/mol. The maximum atomic E-state index is 12.4. The monoisotopic (exact) mass is 417 g/mol. The van der Waals surface area contributed by atoms with E-state index in [4.69, 9.17) is 20.2 Å². The first-order valence-corrected chi connectivity index (χ1v) is 10.6. The molecule has 0 amide bonds. The van der Waals surface area contributed by atoms with Crippen molar-refractivity contribution in [2.24, 2.45) is 5.73 Å². The van der Waals surface area contributed by atoms with Gasteiger partial charge in [-0.1, -0.05) is 36.8 Å². The summed E-state index contributed by atoms with van der Waals surface area (Å²) in [5.41, 5.74) is 11.2. The van der Waals surface area contributed by atoms with Gasteiger partial charge >= 0.3 is 5.97 Å². The van der Waals surface area contributed by atoms with E-state index >= 15 is 0 Å². The van der Waals surface area contributed by atoms with Crippen LogP contribution in [0.1, 0.15) is 53.6 Å². The molecule has 3 N–H and O–H groups in total. The van der Waals surface area contributed by atoms with Crippen molar-refractivity contribution in [3.8, 4) is 5.88 Å². The minimum Gasteiger partial charge on any atom is -0.480 e. The molecule has 4 rings (SSSR count). The second-order valence-corrected chi connectivity index (χ2v) is 7.61. The predicted octanol–water partition coefficient (Wildman–Crippen LogP) is 5.06. The van der Waals surface area contributed by atoms with Crippen LogP contribution in [-0.2, 0) is 4.74 Å². The fourth-order valence-corrected chi connectivity index (χ4v) is 3.88. The highest BCUT2D eigenvalue weighted by atomic mass is 16.5. The van der Waals surface area contributed by atoms with Crippen LogP contribution in [0.3, 0.4) is 0 Å². The van der Waals surface area contributed by atoms with Crippen molar-refractivity contribution in [1.29, 1.82) is 0 Å². The summed E-state index contributed by atoms with van der Waals surface area (Å²) < 4.78 is 10.6. The van der Waals surface area contributed by atoms with Crippen molar-refractivity contribution in [3.05, 3.63) is 71.4 Å². The highest BCUT2D eigenvalue weighted by molar-refractivity contribution is 5.99. The highest BCUT2D eigenvalue weighted by Gasteiger charge is 2.26. The van der Waals surface area contributed by atoms with E-state index in [1.54, 1.807) is 19.2 Å². The lowest BCUT2D eigenvalue weighted by atomic mass is 9.77. The molecule has 1 aliphatic carbocycles. The Morgan fingerprint density at radius 2 is 2.00 bits per heavy atom. The number of hydrogen-bond acceptors (Lipinski definition) is 6. The van der Waals surface area contributed by atoms with Crippen LogP contribution in [0.25, 0.3) is 16.6 Å². The van der Waals surface area contributed by atoms with Crippen LogP contribution in [0.2, 0.25) is 0 Å². The molecule has 0 radical (unpaired) electrons. The third-order valence-electron chi connectivity index (χ3n) is 5.68. The zero-order valence-electron chi connectivity index (χ0n) is 17.9. The van der Waals surface area contributed by atoms with E-state index in [9.17, 15) is 4.79 Å². The SMILES string of the molecule is CCOC(=O)c1cc2ccc(C3CCC3)c(/C(N)=C/Nc3ccccc3)c2nc1OC. The third kappa shape index (κ3) is 4.19. The fourth-order valence-electron chi connectivity index (χ4n) is 3.88. The summed E-state index contributed by atoms with van der Waals surface area (Å²) in [5.74, 6) is 0.245. The Labute approximate surface area is 182 Å². The van der Waals surface area contributed by atoms with Gasteiger partial charge in [-0.05, 0) is 49.4 Å². The zero-order valence-corrected chi connectivity index (χ0v) is 17.9. The van der Waals surface area contributed by atoms with Gasteiger partial charge in [-0.25, -0.2) is 9.78 Å². The molecule has 31 heavy (non-hydrogen) atoms. The Morgan fingerprint density at radius 3 is 2.65 bits per heavy atom. The molecule has 0 atom stereocenters. The summed E-state index contributed by atoms with van der Waals surface area (Å²) in [4.78, 5) is 17.1. The minimum absolute atomic E-state index is 0.238. The van der Waals surface area contributed by atoms with Crippen molar-refractivity contribution in [2.45, 2.75) is 32.1 Å². The number of ether oxygens (including phenoxy) is 2. The van der Waals surface area contributed by atoms with Crippen LogP contribution < -0.4 is 15.8 Å². The number of nitrogens with one attached hydrogen (secondary N) is 1. The van der Waals surface area contributed by atoms with Gasteiger partial charge in [-0.3, -0.25) is 0 Å². The van der Waals surface area contributed by atoms with Gasteiger partial charge < -0.3 is 20.5 Å². The predicted molar refractivity (Wildman–Crippen MR) is 123 cm³/mol. The molecule has 1 fully saturated rings. The number of hydrogen-bond donors (Lipinski definition) is 2.